The van der Waals surface area contributed by atoms with Gasteiger partial charge < -0.3 is 0 Å². The average molecular weight is 248 g/mol. The molecule has 0 unspecified atom stereocenters. The molecule has 0 N–H and O–H groups in total. The van der Waals surface area contributed by atoms with E-state index in [-0.39, 0.29) is 0 Å². The predicted octanol–water partition coefficient (Wildman–Crippen LogP) is 3.07. The standard InChI is InChI=1S/2C6H8N.2C2H6/c2*1-7-5-3-2-4-6-7;2*1-2/h2*2-6H,1H3;2*1-2H3/q2*+1;;. The summed E-state index contributed by atoms with van der Waals surface area (Å²) in [6.45, 7) is 8.00. The Balaban J connectivity index is 0. The zero-order valence-electron chi connectivity index (χ0n) is 12.7. The number of pyridine rings is 2. The van der Waals surface area contributed by atoms with E-state index in [0.29, 0.717) is 0 Å². The molecule has 0 atom stereocenters. The van der Waals surface area contributed by atoms with Gasteiger partial charge in [-0.2, -0.15) is 0 Å². The predicted molar refractivity (Wildman–Crippen MR) is 77.9 cm³/mol. The number of nitrogens with zero attached hydrogens (tertiary/aromatic N) is 2. The number of hydrogen-bond donors (Lipinski definition) is 0. The normalized spacial score (nSPS) is 7.44. The molecular weight excluding hydrogens is 220 g/mol. The van der Waals surface area contributed by atoms with Crippen molar-refractivity contribution in [2.24, 2.45) is 14.1 Å². The number of aryl methyl sites for hydroxylation is 2. The fourth-order valence-electron chi connectivity index (χ4n) is 0.969. The van der Waals surface area contributed by atoms with Crippen LogP contribution < -0.4 is 9.13 Å². The molecule has 2 aromatic heterocycles. The van der Waals surface area contributed by atoms with Crippen molar-refractivity contribution in [2.45, 2.75) is 27.7 Å². The second-order valence-electron chi connectivity index (χ2n) is 3.08. The molecule has 0 fully saturated rings. The Hall–Kier alpha value is -1.70. The molecule has 0 spiro atoms. The van der Waals surface area contributed by atoms with E-state index in [9.17, 15) is 0 Å². The van der Waals surface area contributed by atoms with Gasteiger partial charge in [-0.15, -0.1) is 0 Å². The molecule has 2 rings (SSSR count). The summed E-state index contributed by atoms with van der Waals surface area (Å²) in [5, 5.41) is 0. The van der Waals surface area contributed by atoms with E-state index in [4.69, 9.17) is 0 Å². The van der Waals surface area contributed by atoms with Crippen LogP contribution in [0.5, 0.6) is 0 Å². The van der Waals surface area contributed by atoms with Gasteiger partial charge in [0.05, 0.1) is 0 Å². The maximum Gasteiger partial charge on any atom is 0.168 e. The first-order valence-corrected chi connectivity index (χ1v) is 6.59. The van der Waals surface area contributed by atoms with Crippen molar-refractivity contribution in [1.29, 1.82) is 0 Å². The molecule has 0 radical (unpaired) electrons. The van der Waals surface area contributed by atoms with E-state index < -0.39 is 0 Å². The fourth-order valence-corrected chi connectivity index (χ4v) is 0.969. The lowest BCUT2D eigenvalue weighted by molar-refractivity contribution is -0.671. The first kappa shape index (κ1) is 18.7. The highest BCUT2D eigenvalue weighted by Gasteiger charge is 1.79. The Morgan fingerprint density at radius 1 is 0.444 bits per heavy atom. The number of hydrogen-bond acceptors (Lipinski definition) is 0. The van der Waals surface area contributed by atoms with Crippen LogP contribution >= 0.6 is 0 Å². The maximum absolute atomic E-state index is 2.00. The molecule has 2 nitrogen and oxygen atoms in total. The van der Waals surface area contributed by atoms with Gasteiger partial charge in [0.25, 0.3) is 0 Å². The molecule has 0 saturated carbocycles. The molecule has 100 valence electrons. The van der Waals surface area contributed by atoms with Crippen LogP contribution in [-0.4, -0.2) is 0 Å². The highest BCUT2D eigenvalue weighted by molar-refractivity contribution is 4.83. The third-order valence-corrected chi connectivity index (χ3v) is 1.73. The highest BCUT2D eigenvalue weighted by atomic mass is 14.9. The molecular formula is C16H28N2+2. The van der Waals surface area contributed by atoms with Crippen LogP contribution in [0.1, 0.15) is 27.7 Å². The number of aromatic nitrogens is 2. The van der Waals surface area contributed by atoms with Gasteiger partial charge in [0.15, 0.2) is 24.8 Å². The summed E-state index contributed by atoms with van der Waals surface area (Å²) in [4.78, 5) is 0. The second kappa shape index (κ2) is 15.3. The monoisotopic (exact) mass is 248 g/mol. The van der Waals surface area contributed by atoms with Crippen LogP contribution in [0.15, 0.2) is 61.2 Å². The van der Waals surface area contributed by atoms with Gasteiger partial charge >= 0.3 is 0 Å². The van der Waals surface area contributed by atoms with Crippen molar-refractivity contribution in [1.82, 2.24) is 0 Å². The van der Waals surface area contributed by atoms with E-state index in [1.165, 1.54) is 0 Å². The summed E-state index contributed by atoms with van der Waals surface area (Å²) in [6.07, 6.45) is 8.00. The fraction of sp³-hybridized carbons (Fsp3) is 0.375. The topological polar surface area (TPSA) is 7.76 Å². The van der Waals surface area contributed by atoms with Crippen LogP contribution in [0.3, 0.4) is 0 Å². The summed E-state index contributed by atoms with van der Waals surface area (Å²) >= 11 is 0. The van der Waals surface area contributed by atoms with E-state index in [2.05, 4.69) is 0 Å². The molecule has 0 amide bonds. The summed E-state index contributed by atoms with van der Waals surface area (Å²) < 4.78 is 4.00. The summed E-state index contributed by atoms with van der Waals surface area (Å²) in [6, 6.07) is 12.0. The van der Waals surface area contributed by atoms with Gasteiger partial charge in [-0.3, -0.25) is 0 Å². The molecule has 2 aromatic rings. The minimum Gasteiger partial charge on any atom is -0.208 e. The van der Waals surface area contributed by atoms with Gasteiger partial charge in [0.1, 0.15) is 14.1 Å². The van der Waals surface area contributed by atoms with Crippen molar-refractivity contribution in [2.75, 3.05) is 0 Å². The van der Waals surface area contributed by atoms with Gasteiger partial charge in [-0.25, -0.2) is 9.13 Å². The summed E-state index contributed by atoms with van der Waals surface area (Å²) in [5.41, 5.74) is 0. The van der Waals surface area contributed by atoms with Crippen LogP contribution in [0.25, 0.3) is 0 Å². The zero-order valence-corrected chi connectivity index (χ0v) is 12.7. The molecule has 0 bridgehead atoms. The van der Waals surface area contributed by atoms with E-state index in [1.807, 2.05) is 112 Å². The van der Waals surface area contributed by atoms with Crippen LogP contribution in [0, 0.1) is 0 Å². The Morgan fingerprint density at radius 3 is 0.778 bits per heavy atom. The smallest absolute Gasteiger partial charge is 0.168 e. The Morgan fingerprint density at radius 2 is 0.667 bits per heavy atom. The lowest BCUT2D eigenvalue weighted by atomic mass is 10.5. The van der Waals surface area contributed by atoms with Crippen LogP contribution in [-0.2, 0) is 14.1 Å². The molecule has 0 aliphatic rings. The van der Waals surface area contributed by atoms with Crippen molar-refractivity contribution in [3.8, 4) is 0 Å². The molecule has 0 saturated heterocycles. The van der Waals surface area contributed by atoms with Crippen molar-refractivity contribution < 1.29 is 9.13 Å². The highest BCUT2D eigenvalue weighted by Crippen LogP contribution is 1.72. The SMILES string of the molecule is CC.CC.C[n+]1ccccc1.C[n+]1ccccc1. The molecule has 18 heavy (non-hydrogen) atoms. The largest absolute Gasteiger partial charge is 0.208 e. The summed E-state index contributed by atoms with van der Waals surface area (Å²) in [7, 11) is 4.00. The third-order valence-electron chi connectivity index (χ3n) is 1.73. The minimum absolute atomic E-state index is 2.00. The van der Waals surface area contributed by atoms with Gasteiger partial charge in [-0.05, 0) is 0 Å². The minimum atomic E-state index is 2.00. The molecule has 2 heterocycles. The lowest BCUT2D eigenvalue weighted by Gasteiger charge is -1.77. The van der Waals surface area contributed by atoms with Crippen molar-refractivity contribution >= 4 is 0 Å². The summed E-state index contributed by atoms with van der Waals surface area (Å²) in [5.74, 6) is 0. The Kier molecular flexibility index (Phi) is 15.9. The van der Waals surface area contributed by atoms with E-state index in [1.54, 1.807) is 0 Å². The zero-order chi connectivity index (χ0) is 14.2. The second-order valence-corrected chi connectivity index (χ2v) is 3.08. The van der Waals surface area contributed by atoms with Crippen LogP contribution in [0.4, 0.5) is 0 Å². The molecule has 2 heteroatoms. The van der Waals surface area contributed by atoms with E-state index in [0.717, 1.165) is 0 Å². The molecule has 0 aliphatic carbocycles. The van der Waals surface area contributed by atoms with Crippen LogP contribution in [0.2, 0.25) is 0 Å². The molecule has 0 aromatic carbocycles. The third kappa shape index (κ3) is 12.4. The first-order valence-electron chi connectivity index (χ1n) is 6.59. The van der Waals surface area contributed by atoms with Gasteiger partial charge in [0.2, 0.25) is 0 Å². The Labute approximate surface area is 113 Å². The first-order chi connectivity index (χ1) is 8.79. The average Bonchev–Trinajstić information content (AvgIpc) is 2.46. The molecule has 0 aliphatic heterocycles. The van der Waals surface area contributed by atoms with Crippen molar-refractivity contribution in [3.63, 3.8) is 0 Å². The van der Waals surface area contributed by atoms with E-state index >= 15 is 0 Å². The Bertz CT molecular complexity index is 306. The van der Waals surface area contributed by atoms with Gasteiger partial charge in [-0.1, -0.05) is 39.8 Å². The lowest BCUT2D eigenvalue weighted by Crippen LogP contribution is -2.25. The van der Waals surface area contributed by atoms with Gasteiger partial charge in [0, 0.05) is 24.3 Å². The number of rotatable bonds is 0. The van der Waals surface area contributed by atoms with Crippen molar-refractivity contribution in [3.05, 3.63) is 61.2 Å². The maximum atomic E-state index is 2.00. The quantitative estimate of drug-likeness (QED) is 0.633.